The normalized spacial score (nSPS) is 10.9. The van der Waals surface area contributed by atoms with Crippen LogP contribution < -0.4 is 5.73 Å². The van der Waals surface area contributed by atoms with E-state index in [4.69, 9.17) is 17.3 Å². The second kappa shape index (κ2) is 4.35. The molecule has 2 N–H and O–H groups in total. The summed E-state index contributed by atoms with van der Waals surface area (Å²) < 4.78 is 2.07. The fourth-order valence-electron chi connectivity index (χ4n) is 2.04. The van der Waals surface area contributed by atoms with Crippen LogP contribution in [0.15, 0.2) is 48.8 Å². The Morgan fingerprint density at radius 2 is 2.00 bits per heavy atom. The highest BCUT2D eigenvalue weighted by molar-refractivity contribution is 6.31. The number of benzene rings is 2. The maximum atomic E-state index is 6.18. The van der Waals surface area contributed by atoms with Gasteiger partial charge in [0.1, 0.15) is 0 Å². The van der Waals surface area contributed by atoms with E-state index in [2.05, 4.69) is 9.55 Å². The lowest BCUT2D eigenvalue weighted by Gasteiger charge is -2.07. The zero-order valence-corrected chi connectivity index (χ0v) is 10.4. The summed E-state index contributed by atoms with van der Waals surface area (Å²) in [6, 6.07) is 13.5. The number of halogens is 1. The van der Waals surface area contributed by atoms with Crippen LogP contribution in [0.25, 0.3) is 11.0 Å². The van der Waals surface area contributed by atoms with Crippen LogP contribution in [0.3, 0.4) is 0 Å². The summed E-state index contributed by atoms with van der Waals surface area (Å²) in [5.74, 6) is 0. The van der Waals surface area contributed by atoms with Crippen molar-refractivity contribution in [1.29, 1.82) is 0 Å². The Hall–Kier alpha value is -2.00. The van der Waals surface area contributed by atoms with E-state index in [0.29, 0.717) is 6.54 Å². The van der Waals surface area contributed by atoms with Crippen molar-refractivity contribution in [1.82, 2.24) is 9.55 Å². The predicted molar refractivity (Wildman–Crippen MR) is 74.7 cm³/mol. The largest absolute Gasteiger partial charge is 0.399 e. The number of aromatic nitrogens is 2. The van der Waals surface area contributed by atoms with E-state index in [9.17, 15) is 0 Å². The molecule has 1 aromatic heterocycles. The Bertz CT molecular complexity index is 703. The highest BCUT2D eigenvalue weighted by Crippen LogP contribution is 2.21. The first kappa shape index (κ1) is 11.1. The zero-order valence-electron chi connectivity index (χ0n) is 9.68. The fourth-order valence-corrected chi connectivity index (χ4v) is 2.21. The molecule has 0 radical (unpaired) electrons. The molecule has 90 valence electrons. The second-order valence-electron chi connectivity index (χ2n) is 4.21. The molecule has 18 heavy (non-hydrogen) atoms. The predicted octanol–water partition coefficient (Wildman–Crippen LogP) is 3.32. The van der Waals surface area contributed by atoms with Gasteiger partial charge in [-0.05, 0) is 35.9 Å². The Morgan fingerprint density at radius 1 is 1.17 bits per heavy atom. The van der Waals surface area contributed by atoms with Gasteiger partial charge in [0.2, 0.25) is 0 Å². The van der Waals surface area contributed by atoms with Crippen LogP contribution >= 0.6 is 11.6 Å². The van der Waals surface area contributed by atoms with E-state index < -0.39 is 0 Å². The number of fused-ring (bicyclic) bond motifs is 1. The maximum absolute atomic E-state index is 6.18. The van der Waals surface area contributed by atoms with Gasteiger partial charge in [-0.1, -0.05) is 23.7 Å². The van der Waals surface area contributed by atoms with Crippen molar-refractivity contribution < 1.29 is 0 Å². The first-order valence-corrected chi connectivity index (χ1v) is 6.05. The molecule has 0 atom stereocenters. The third-order valence-electron chi connectivity index (χ3n) is 2.94. The molecule has 3 nitrogen and oxygen atoms in total. The topological polar surface area (TPSA) is 43.8 Å². The van der Waals surface area contributed by atoms with E-state index in [1.165, 1.54) is 0 Å². The molecule has 4 heteroatoms. The van der Waals surface area contributed by atoms with Crippen LogP contribution in [0.1, 0.15) is 5.56 Å². The highest BCUT2D eigenvalue weighted by atomic mass is 35.5. The summed E-state index contributed by atoms with van der Waals surface area (Å²) in [5, 5.41) is 0.724. The van der Waals surface area contributed by atoms with Gasteiger partial charge in [0.25, 0.3) is 0 Å². The van der Waals surface area contributed by atoms with Gasteiger partial charge in [-0.3, -0.25) is 0 Å². The SMILES string of the molecule is Nc1ccc(Cl)c(Cn2cnc3ccccc32)c1. The van der Waals surface area contributed by atoms with E-state index in [1.54, 1.807) is 6.07 Å². The molecule has 0 aliphatic rings. The van der Waals surface area contributed by atoms with Crippen molar-refractivity contribution in [3.8, 4) is 0 Å². The van der Waals surface area contributed by atoms with E-state index in [-0.39, 0.29) is 0 Å². The number of hydrogen-bond acceptors (Lipinski definition) is 2. The molecule has 0 bridgehead atoms. The van der Waals surface area contributed by atoms with Crippen LogP contribution in [0.4, 0.5) is 5.69 Å². The Kier molecular flexibility index (Phi) is 2.68. The first-order chi connectivity index (χ1) is 8.74. The summed E-state index contributed by atoms with van der Waals surface area (Å²) in [4.78, 5) is 4.36. The van der Waals surface area contributed by atoms with E-state index >= 15 is 0 Å². The third-order valence-corrected chi connectivity index (χ3v) is 3.31. The van der Waals surface area contributed by atoms with Gasteiger partial charge in [-0.2, -0.15) is 0 Å². The van der Waals surface area contributed by atoms with E-state index in [0.717, 1.165) is 27.3 Å². The molecule has 0 saturated heterocycles. The number of hydrogen-bond donors (Lipinski definition) is 1. The van der Waals surface area contributed by atoms with Crippen molar-refractivity contribution in [2.45, 2.75) is 6.54 Å². The average Bonchev–Trinajstić information content (AvgIpc) is 2.78. The molecule has 0 saturated carbocycles. The molecule has 0 unspecified atom stereocenters. The van der Waals surface area contributed by atoms with Crippen LogP contribution in [-0.4, -0.2) is 9.55 Å². The number of nitrogens with two attached hydrogens (primary N) is 1. The smallest absolute Gasteiger partial charge is 0.0961 e. The monoisotopic (exact) mass is 257 g/mol. The van der Waals surface area contributed by atoms with Crippen LogP contribution in [-0.2, 0) is 6.54 Å². The number of imidazole rings is 1. The zero-order chi connectivity index (χ0) is 12.5. The van der Waals surface area contributed by atoms with Crippen molar-refractivity contribution >= 4 is 28.3 Å². The molecule has 1 heterocycles. The summed E-state index contributed by atoms with van der Waals surface area (Å²) >= 11 is 6.18. The second-order valence-corrected chi connectivity index (χ2v) is 4.62. The molecule has 2 aromatic carbocycles. The summed E-state index contributed by atoms with van der Waals surface area (Å²) in [6.07, 6.45) is 1.82. The van der Waals surface area contributed by atoms with Gasteiger partial charge in [-0.15, -0.1) is 0 Å². The Balaban J connectivity index is 2.04. The Labute approximate surface area is 110 Å². The Morgan fingerprint density at radius 3 is 2.89 bits per heavy atom. The van der Waals surface area contributed by atoms with Gasteiger partial charge < -0.3 is 10.3 Å². The molecule has 3 aromatic rings. The minimum Gasteiger partial charge on any atom is -0.399 e. The molecule has 0 amide bonds. The van der Waals surface area contributed by atoms with Crippen LogP contribution in [0, 0.1) is 0 Å². The molecular weight excluding hydrogens is 246 g/mol. The number of nitrogens with zero attached hydrogens (tertiary/aromatic N) is 2. The van der Waals surface area contributed by atoms with Crippen molar-refractivity contribution in [2.24, 2.45) is 0 Å². The van der Waals surface area contributed by atoms with Crippen molar-refractivity contribution in [3.05, 3.63) is 59.4 Å². The lowest BCUT2D eigenvalue weighted by molar-refractivity contribution is 0.825. The summed E-state index contributed by atoms with van der Waals surface area (Å²) in [7, 11) is 0. The molecule has 0 aliphatic carbocycles. The standard InChI is InChI=1S/C14H12ClN3/c15-12-6-5-11(16)7-10(12)8-18-9-17-13-3-1-2-4-14(13)18/h1-7,9H,8,16H2. The van der Waals surface area contributed by atoms with Crippen LogP contribution in [0.2, 0.25) is 5.02 Å². The van der Waals surface area contributed by atoms with E-state index in [1.807, 2.05) is 42.7 Å². The highest BCUT2D eigenvalue weighted by Gasteiger charge is 2.05. The molecular formula is C14H12ClN3. The van der Waals surface area contributed by atoms with Gasteiger partial charge in [-0.25, -0.2) is 4.98 Å². The van der Waals surface area contributed by atoms with Crippen LogP contribution in [0.5, 0.6) is 0 Å². The minimum atomic E-state index is 0.671. The third kappa shape index (κ3) is 1.93. The lowest BCUT2D eigenvalue weighted by atomic mass is 10.2. The maximum Gasteiger partial charge on any atom is 0.0961 e. The first-order valence-electron chi connectivity index (χ1n) is 5.68. The number of nitrogen functional groups attached to an aromatic ring is 1. The van der Waals surface area contributed by atoms with Gasteiger partial charge in [0, 0.05) is 10.7 Å². The quantitative estimate of drug-likeness (QED) is 0.716. The van der Waals surface area contributed by atoms with Gasteiger partial charge >= 0.3 is 0 Å². The van der Waals surface area contributed by atoms with Crippen molar-refractivity contribution in [2.75, 3.05) is 5.73 Å². The summed E-state index contributed by atoms with van der Waals surface area (Å²) in [6.45, 7) is 0.671. The molecule has 0 fully saturated rings. The van der Waals surface area contributed by atoms with Crippen molar-refractivity contribution in [3.63, 3.8) is 0 Å². The number of anilines is 1. The summed E-state index contributed by atoms with van der Waals surface area (Å²) in [5.41, 5.74) is 9.58. The molecule has 0 spiro atoms. The number of para-hydroxylation sites is 2. The minimum absolute atomic E-state index is 0.671. The molecule has 0 aliphatic heterocycles. The average molecular weight is 258 g/mol. The van der Waals surface area contributed by atoms with Gasteiger partial charge in [0.05, 0.1) is 23.9 Å². The fraction of sp³-hybridized carbons (Fsp3) is 0.0714. The lowest BCUT2D eigenvalue weighted by Crippen LogP contribution is -1.99. The number of rotatable bonds is 2. The molecule has 3 rings (SSSR count). The van der Waals surface area contributed by atoms with Gasteiger partial charge in [0.15, 0.2) is 0 Å².